The Morgan fingerprint density at radius 3 is 2.64 bits per heavy atom. The van der Waals surface area contributed by atoms with Crippen molar-refractivity contribution in [3.05, 3.63) is 59.6 Å². The lowest BCUT2D eigenvalue weighted by Crippen LogP contribution is -2.46. The Morgan fingerprint density at radius 2 is 1.89 bits per heavy atom. The van der Waals surface area contributed by atoms with Gasteiger partial charge in [0.1, 0.15) is 35.2 Å². The first-order valence-electron chi connectivity index (χ1n) is 20.1. The number of fused-ring (bicyclic) bond motifs is 5. The van der Waals surface area contributed by atoms with E-state index in [1.165, 1.54) is 13.2 Å². The van der Waals surface area contributed by atoms with Crippen LogP contribution in [0.3, 0.4) is 0 Å². The van der Waals surface area contributed by atoms with E-state index in [1.807, 2.05) is 6.92 Å². The molecule has 300 valence electrons. The van der Waals surface area contributed by atoms with Crippen molar-refractivity contribution < 1.29 is 31.8 Å². The fourth-order valence-corrected chi connectivity index (χ4v) is 10.9. The monoisotopic (exact) mass is 789 g/mol. The van der Waals surface area contributed by atoms with E-state index in [-0.39, 0.29) is 53.1 Å². The molecule has 56 heavy (non-hydrogen) atoms. The van der Waals surface area contributed by atoms with Gasteiger partial charge in [0.25, 0.3) is 0 Å². The molecule has 5 heterocycles. The van der Waals surface area contributed by atoms with Gasteiger partial charge in [-0.2, -0.15) is 9.97 Å². The molecule has 3 aliphatic heterocycles. The third kappa shape index (κ3) is 6.96. The van der Waals surface area contributed by atoms with E-state index in [2.05, 4.69) is 43.7 Å². The lowest BCUT2D eigenvalue weighted by molar-refractivity contribution is 0.0512. The second kappa shape index (κ2) is 14.9. The van der Waals surface area contributed by atoms with Gasteiger partial charge in [0.15, 0.2) is 20.9 Å². The summed E-state index contributed by atoms with van der Waals surface area (Å²) in [7, 11) is -0.485. The second-order valence-electron chi connectivity index (χ2n) is 17.9. The molecule has 2 bridgehead atoms. The Labute approximate surface area is 328 Å². The van der Waals surface area contributed by atoms with Gasteiger partial charge in [0.05, 0.1) is 17.3 Å². The highest BCUT2D eigenvalue weighted by molar-refractivity contribution is 6.74. The minimum Gasteiger partial charge on any atom is -0.468 e. The summed E-state index contributed by atoms with van der Waals surface area (Å²) >= 11 is 0. The molecule has 0 radical (unpaired) electrons. The number of aromatic nitrogens is 3. The van der Waals surface area contributed by atoms with Gasteiger partial charge in [-0.25, -0.2) is 13.2 Å². The molecule has 4 aliphatic rings. The number of rotatable bonds is 11. The fraction of sp³-hybridized carbons (Fsp3) is 0.558. The first-order chi connectivity index (χ1) is 26.7. The topological polar surface area (TPSA) is 82.1 Å². The van der Waals surface area contributed by atoms with Gasteiger partial charge in [-0.1, -0.05) is 33.8 Å². The molecule has 1 unspecified atom stereocenters. The van der Waals surface area contributed by atoms with Crippen LogP contribution < -0.4 is 14.4 Å². The van der Waals surface area contributed by atoms with Gasteiger partial charge in [-0.15, -0.1) is 0 Å². The molecule has 9 nitrogen and oxygen atoms in total. The highest BCUT2D eigenvalue weighted by Gasteiger charge is 2.48. The number of aryl methyl sites for hydroxylation is 1. The molecule has 0 spiro atoms. The lowest BCUT2D eigenvalue weighted by atomic mass is 9.94. The highest BCUT2D eigenvalue weighted by Crippen LogP contribution is 2.47. The second-order valence-corrected chi connectivity index (χ2v) is 22.7. The third-order valence-electron chi connectivity index (χ3n) is 13.3. The summed E-state index contributed by atoms with van der Waals surface area (Å²) in [5.74, 6) is 0.679. The van der Waals surface area contributed by atoms with Crippen molar-refractivity contribution in [1.82, 2.24) is 19.9 Å². The van der Waals surface area contributed by atoms with Gasteiger partial charge < -0.3 is 23.5 Å². The van der Waals surface area contributed by atoms with E-state index in [1.54, 1.807) is 24.4 Å². The standard InChI is InChI=1S/C43H54F3N5O4Si/c1-8-31-34(45)11-10-28-16-30(54-25-52-5)17-32(36(28)31)38-37(46)39-33(20-47-38)40(49-41(48-39)53-24-43-12-9-13-51(43)22-27(18-43)19-44)50-21-26-14-29(23-50)35(15-26)55-56(6,7)42(2,3)4/h10-11,16-17,19-20,26,29,35H,8-9,12-15,18,21-25H2,1-7H3/b27-19+/t26-,29-,35-,43?/m1/s1. The number of benzene rings is 2. The molecule has 4 atom stereocenters. The maximum atomic E-state index is 17.4. The van der Waals surface area contributed by atoms with Crippen LogP contribution in [0.5, 0.6) is 11.8 Å². The molecule has 4 fully saturated rings. The van der Waals surface area contributed by atoms with Crippen molar-refractivity contribution >= 4 is 35.8 Å². The Bertz CT molecular complexity index is 2180. The maximum Gasteiger partial charge on any atom is 0.319 e. The van der Waals surface area contributed by atoms with E-state index in [9.17, 15) is 4.39 Å². The van der Waals surface area contributed by atoms with Crippen molar-refractivity contribution in [3.63, 3.8) is 0 Å². The largest absolute Gasteiger partial charge is 0.468 e. The van der Waals surface area contributed by atoms with Gasteiger partial charge in [0, 0.05) is 50.5 Å². The van der Waals surface area contributed by atoms with Crippen LogP contribution in [0, 0.1) is 23.5 Å². The number of ether oxygens (including phenoxy) is 3. The van der Waals surface area contributed by atoms with Gasteiger partial charge in [-0.05, 0) is 109 Å². The molecule has 0 N–H and O–H groups in total. The number of nitrogens with zero attached hydrogens (tertiary/aromatic N) is 5. The van der Waals surface area contributed by atoms with Gasteiger partial charge >= 0.3 is 6.01 Å². The fourth-order valence-electron chi connectivity index (χ4n) is 9.48. The lowest BCUT2D eigenvalue weighted by Gasteiger charge is -2.40. The van der Waals surface area contributed by atoms with Crippen LogP contribution in [-0.2, 0) is 15.6 Å². The van der Waals surface area contributed by atoms with Crippen LogP contribution in [-0.4, -0.2) is 86.5 Å². The maximum absolute atomic E-state index is 17.4. The third-order valence-corrected chi connectivity index (χ3v) is 17.8. The van der Waals surface area contributed by atoms with Crippen LogP contribution in [0.2, 0.25) is 18.1 Å². The molecule has 1 saturated carbocycles. The van der Waals surface area contributed by atoms with Crippen LogP contribution in [0.15, 0.2) is 42.4 Å². The predicted octanol–water partition coefficient (Wildman–Crippen LogP) is 9.38. The number of hydrogen-bond donors (Lipinski definition) is 0. The summed E-state index contributed by atoms with van der Waals surface area (Å²) in [4.78, 5) is 19.0. The van der Waals surface area contributed by atoms with E-state index < -0.39 is 14.1 Å². The summed E-state index contributed by atoms with van der Waals surface area (Å²) in [6, 6.07) is 6.64. The first kappa shape index (κ1) is 39.1. The van der Waals surface area contributed by atoms with Crippen LogP contribution in [0.25, 0.3) is 32.9 Å². The van der Waals surface area contributed by atoms with Crippen molar-refractivity contribution in [1.29, 1.82) is 0 Å². The average molecular weight is 790 g/mol. The molecule has 2 aromatic heterocycles. The Kier molecular flexibility index (Phi) is 10.4. The van der Waals surface area contributed by atoms with Crippen molar-refractivity contribution in [2.45, 2.75) is 96.0 Å². The summed E-state index contributed by atoms with van der Waals surface area (Å²) in [5.41, 5.74) is 1.34. The minimum absolute atomic E-state index is 0.0150. The Hall–Kier alpha value is -3.78. The number of anilines is 1. The van der Waals surface area contributed by atoms with E-state index in [4.69, 9.17) is 33.6 Å². The molecule has 4 aromatic rings. The molecular formula is C43H54F3N5O4Si. The van der Waals surface area contributed by atoms with Crippen LogP contribution in [0.4, 0.5) is 19.0 Å². The van der Waals surface area contributed by atoms with E-state index in [0.717, 1.165) is 50.7 Å². The molecular weight excluding hydrogens is 736 g/mol. The number of halogens is 3. The normalized spacial score (nSPS) is 24.9. The number of piperidine rings is 1. The van der Waals surface area contributed by atoms with Gasteiger partial charge in [-0.3, -0.25) is 9.88 Å². The molecule has 13 heteroatoms. The zero-order chi connectivity index (χ0) is 39.6. The minimum atomic E-state index is -2.01. The summed E-state index contributed by atoms with van der Waals surface area (Å²) in [5, 5.41) is 1.83. The average Bonchev–Trinajstić information content (AvgIpc) is 3.81. The number of pyridine rings is 1. The zero-order valence-electron chi connectivity index (χ0n) is 33.7. The molecule has 2 aromatic carbocycles. The van der Waals surface area contributed by atoms with Crippen molar-refractivity contribution in [2.75, 3.05) is 51.6 Å². The summed E-state index contributed by atoms with van der Waals surface area (Å²) in [6.45, 7) is 16.4. The highest BCUT2D eigenvalue weighted by atomic mass is 28.4. The SMILES string of the molecule is CCc1c(F)ccc2cc(OCOC)cc(-c3ncc4c(N5C[C@@H]6C[C@H](C5)[C@H](O[Si](C)(C)C(C)(C)C)C6)nc(OCC56CCCN5C/C(=C/F)C6)nc4c3F)c12. The molecule has 0 amide bonds. The van der Waals surface area contributed by atoms with Crippen molar-refractivity contribution in [3.8, 4) is 23.0 Å². The van der Waals surface area contributed by atoms with Crippen molar-refractivity contribution in [2.24, 2.45) is 11.8 Å². The quantitative estimate of drug-likeness (QED) is 0.109. The molecule has 3 saturated heterocycles. The van der Waals surface area contributed by atoms with E-state index in [0.29, 0.717) is 76.6 Å². The van der Waals surface area contributed by atoms with Gasteiger partial charge in [0.2, 0.25) is 0 Å². The van der Waals surface area contributed by atoms with Crippen LogP contribution >= 0.6 is 0 Å². The predicted molar refractivity (Wildman–Crippen MR) is 215 cm³/mol. The van der Waals surface area contributed by atoms with E-state index >= 15 is 8.78 Å². The number of methoxy groups -OCH3 is 1. The Morgan fingerprint density at radius 1 is 1.07 bits per heavy atom. The summed E-state index contributed by atoms with van der Waals surface area (Å²) < 4.78 is 71.0. The molecule has 1 aliphatic carbocycles. The smallest absolute Gasteiger partial charge is 0.319 e. The van der Waals surface area contributed by atoms with Crippen LogP contribution in [0.1, 0.15) is 65.4 Å². The number of hydrogen-bond acceptors (Lipinski definition) is 9. The molecule has 8 rings (SSSR count). The summed E-state index contributed by atoms with van der Waals surface area (Å²) in [6.07, 6.45) is 7.38. The zero-order valence-corrected chi connectivity index (χ0v) is 34.7. The first-order valence-corrected chi connectivity index (χ1v) is 23.0. The Balaban J connectivity index is 1.23.